The molecule has 1 aromatic rings. The number of amidine groups is 1. The Morgan fingerprint density at radius 3 is 2.51 bits per heavy atom. The summed E-state index contributed by atoms with van der Waals surface area (Å²) < 4.78 is 5.71. The van der Waals surface area contributed by atoms with Gasteiger partial charge in [0.2, 0.25) is 11.9 Å². The van der Waals surface area contributed by atoms with Crippen molar-refractivity contribution < 1.29 is 14.3 Å². The molecule has 2 saturated carbocycles. The van der Waals surface area contributed by atoms with Gasteiger partial charge in [0.05, 0.1) is 24.8 Å². The molecule has 3 heterocycles. The lowest BCUT2D eigenvalue weighted by molar-refractivity contribution is -0.135. The van der Waals surface area contributed by atoms with Gasteiger partial charge >= 0.3 is 0 Å². The number of likely N-dealkylation sites (N-methyl/N-ethyl adjacent to an activating group) is 1. The lowest BCUT2D eigenvalue weighted by atomic mass is 9.99. The van der Waals surface area contributed by atoms with Crippen LogP contribution < -0.4 is 15.4 Å². The van der Waals surface area contributed by atoms with E-state index in [-0.39, 0.29) is 41.9 Å². The van der Waals surface area contributed by atoms with E-state index in [1.165, 1.54) is 12.8 Å². The molecule has 1 aromatic carbocycles. The number of aliphatic imine (C=N–C) groups is 2. The number of nitrogens with one attached hydrogen (secondary N) is 2. The maximum Gasteiger partial charge on any atom is 0.251 e. The quantitative estimate of drug-likeness (QED) is 0.570. The Hall–Kier alpha value is -3.14. The Kier molecular flexibility index (Phi) is 7.94. The number of anilines is 1. The van der Waals surface area contributed by atoms with Crippen molar-refractivity contribution in [1.82, 2.24) is 20.0 Å². The van der Waals surface area contributed by atoms with Crippen molar-refractivity contribution in [3.63, 3.8) is 0 Å². The largest absolute Gasteiger partial charge is 0.495 e. The minimum atomic E-state index is -0.174. The first-order valence-corrected chi connectivity index (χ1v) is 15.5. The van der Waals surface area contributed by atoms with Crippen LogP contribution in [0, 0.1) is 5.92 Å². The van der Waals surface area contributed by atoms with E-state index < -0.39 is 0 Å². The zero-order valence-electron chi connectivity index (χ0n) is 24.9. The Bertz CT molecular complexity index is 1220. The highest BCUT2D eigenvalue weighted by molar-refractivity contribution is 6.09. The average molecular weight is 564 g/mol. The van der Waals surface area contributed by atoms with E-state index in [0.717, 1.165) is 63.9 Å². The zero-order chi connectivity index (χ0) is 28.7. The van der Waals surface area contributed by atoms with Gasteiger partial charge in [-0.25, -0.2) is 4.99 Å². The van der Waals surface area contributed by atoms with Gasteiger partial charge in [-0.15, -0.1) is 0 Å². The first-order valence-electron chi connectivity index (χ1n) is 15.5. The first kappa shape index (κ1) is 28.0. The molecule has 0 bridgehead atoms. The maximum atomic E-state index is 13.6. The van der Waals surface area contributed by atoms with E-state index in [2.05, 4.69) is 34.4 Å². The molecule has 222 valence electrons. The smallest absolute Gasteiger partial charge is 0.251 e. The molecule has 41 heavy (non-hydrogen) atoms. The van der Waals surface area contributed by atoms with Crippen molar-refractivity contribution in [2.45, 2.75) is 94.9 Å². The molecule has 10 nitrogen and oxygen atoms in total. The molecule has 2 N–H and O–H groups in total. The van der Waals surface area contributed by atoms with Crippen LogP contribution in [0.1, 0.15) is 75.1 Å². The molecule has 6 rings (SSSR count). The monoisotopic (exact) mass is 563 g/mol. The number of hydrogen-bond donors (Lipinski definition) is 2. The number of rotatable bonds is 5. The molecule has 4 fully saturated rings. The van der Waals surface area contributed by atoms with Gasteiger partial charge in [-0.05, 0) is 83.8 Å². The number of benzene rings is 1. The molecule has 4 unspecified atom stereocenters. The highest BCUT2D eigenvalue weighted by atomic mass is 16.5. The summed E-state index contributed by atoms with van der Waals surface area (Å²) in [6.07, 6.45) is 9.74. The molecule has 2 amide bonds. The SMILES string of the molecule is COc1cc(C(=O)NC2CCN(C)CC2)ccc1NC1=NC(C)C2C(=N1)N(C1CCCC1)C1CCCC1C(=O)N2C. The van der Waals surface area contributed by atoms with Crippen LogP contribution >= 0.6 is 0 Å². The highest BCUT2D eigenvalue weighted by Gasteiger charge is 2.50. The number of carbonyl (C=O) groups excluding carboxylic acids is 2. The normalized spacial score (nSPS) is 29.4. The Balaban J connectivity index is 1.26. The summed E-state index contributed by atoms with van der Waals surface area (Å²) >= 11 is 0. The number of hydrogen-bond acceptors (Lipinski definition) is 8. The molecule has 2 aliphatic carbocycles. The summed E-state index contributed by atoms with van der Waals surface area (Å²) in [5, 5.41) is 6.59. The second kappa shape index (κ2) is 11.6. The summed E-state index contributed by atoms with van der Waals surface area (Å²) in [5.74, 6) is 2.24. The predicted octanol–water partition coefficient (Wildman–Crippen LogP) is 3.34. The van der Waals surface area contributed by atoms with Crippen LogP contribution in [0.2, 0.25) is 0 Å². The number of ether oxygens (including phenoxy) is 1. The fourth-order valence-corrected chi connectivity index (χ4v) is 7.70. The number of likely N-dealkylation sites (tertiary alicyclic amines) is 1. The summed E-state index contributed by atoms with van der Waals surface area (Å²) in [6.45, 7) is 4.06. The summed E-state index contributed by atoms with van der Waals surface area (Å²) in [7, 11) is 5.65. The Morgan fingerprint density at radius 2 is 1.78 bits per heavy atom. The predicted molar refractivity (Wildman–Crippen MR) is 161 cm³/mol. The van der Waals surface area contributed by atoms with Crippen molar-refractivity contribution in [3.8, 4) is 5.75 Å². The van der Waals surface area contributed by atoms with Crippen LogP contribution in [0.4, 0.5) is 5.69 Å². The van der Waals surface area contributed by atoms with Gasteiger partial charge in [-0.1, -0.05) is 19.3 Å². The minimum Gasteiger partial charge on any atom is -0.495 e. The molecule has 2 saturated heterocycles. The Morgan fingerprint density at radius 1 is 1.02 bits per heavy atom. The van der Waals surface area contributed by atoms with E-state index in [1.54, 1.807) is 13.2 Å². The third-order valence-corrected chi connectivity index (χ3v) is 9.93. The van der Waals surface area contributed by atoms with E-state index in [9.17, 15) is 9.59 Å². The summed E-state index contributed by atoms with van der Waals surface area (Å²) in [6, 6.07) is 5.97. The molecule has 10 heteroatoms. The third kappa shape index (κ3) is 5.43. The molecule has 0 aromatic heterocycles. The fraction of sp³-hybridized carbons (Fsp3) is 0.677. The van der Waals surface area contributed by atoms with E-state index >= 15 is 0 Å². The van der Waals surface area contributed by atoms with Gasteiger partial charge in [0, 0.05) is 30.7 Å². The molecular formula is C31H45N7O3. The molecule has 0 spiro atoms. The van der Waals surface area contributed by atoms with Crippen LogP contribution in [-0.4, -0.2) is 103 Å². The lowest BCUT2D eigenvalue weighted by Crippen LogP contribution is -2.56. The standard InChI is InChI=1S/C31H45N7O3/c1-19-27-28(38(22-8-5-6-9-22)25-11-7-10-23(25)30(40)37(27)3)35-31(32-19)34-24-13-12-20(18-26(24)41-4)29(39)33-21-14-16-36(2)17-15-21/h12-13,18-19,21-23,25,27H,5-11,14-17H2,1-4H3,(H,32,34)(H,33,39). The van der Waals surface area contributed by atoms with Gasteiger partial charge < -0.3 is 30.1 Å². The molecular weight excluding hydrogens is 518 g/mol. The number of carbonyl (C=O) groups is 2. The number of guanidine groups is 1. The second-order valence-corrected chi connectivity index (χ2v) is 12.6. The number of fused-ring (bicyclic) bond motifs is 2. The lowest BCUT2D eigenvalue weighted by Gasteiger charge is -2.41. The number of piperidine rings is 1. The molecule has 4 atom stereocenters. The van der Waals surface area contributed by atoms with Crippen LogP contribution in [-0.2, 0) is 4.79 Å². The minimum absolute atomic E-state index is 0.0332. The number of amides is 2. The van der Waals surface area contributed by atoms with Crippen LogP contribution in [0.3, 0.4) is 0 Å². The van der Waals surface area contributed by atoms with Crippen molar-refractivity contribution in [1.29, 1.82) is 0 Å². The van der Waals surface area contributed by atoms with Crippen molar-refractivity contribution in [2.75, 3.05) is 39.6 Å². The number of nitrogens with zero attached hydrogens (tertiary/aromatic N) is 5. The molecule has 5 aliphatic rings. The first-order chi connectivity index (χ1) is 19.8. The number of methoxy groups -OCH3 is 1. The van der Waals surface area contributed by atoms with Gasteiger partial charge in [0.1, 0.15) is 17.6 Å². The van der Waals surface area contributed by atoms with E-state index in [1.807, 2.05) is 24.1 Å². The van der Waals surface area contributed by atoms with Crippen molar-refractivity contribution >= 4 is 29.3 Å². The maximum absolute atomic E-state index is 13.6. The fourth-order valence-electron chi connectivity index (χ4n) is 7.70. The van der Waals surface area contributed by atoms with Crippen LogP contribution in [0.15, 0.2) is 28.2 Å². The van der Waals surface area contributed by atoms with Gasteiger partial charge in [-0.3, -0.25) is 9.59 Å². The van der Waals surface area contributed by atoms with Crippen LogP contribution in [0.25, 0.3) is 0 Å². The molecule has 0 radical (unpaired) electrons. The Labute approximate surface area is 243 Å². The van der Waals surface area contributed by atoms with Gasteiger partial charge in [-0.2, -0.15) is 4.99 Å². The van der Waals surface area contributed by atoms with E-state index in [0.29, 0.717) is 29.0 Å². The zero-order valence-corrected chi connectivity index (χ0v) is 24.9. The van der Waals surface area contributed by atoms with Gasteiger partial charge in [0.25, 0.3) is 5.91 Å². The summed E-state index contributed by atoms with van der Waals surface area (Å²) in [4.78, 5) is 43.4. The highest BCUT2D eigenvalue weighted by Crippen LogP contribution is 2.40. The second-order valence-electron chi connectivity index (χ2n) is 12.6. The summed E-state index contributed by atoms with van der Waals surface area (Å²) in [5.41, 5.74) is 1.28. The molecule has 3 aliphatic heterocycles. The van der Waals surface area contributed by atoms with E-state index in [4.69, 9.17) is 14.7 Å². The van der Waals surface area contributed by atoms with Gasteiger partial charge in [0.15, 0.2) is 0 Å². The van der Waals surface area contributed by atoms with Crippen LogP contribution in [0.5, 0.6) is 5.75 Å². The average Bonchev–Trinajstić information content (AvgIpc) is 3.66. The van der Waals surface area contributed by atoms with Crippen molar-refractivity contribution in [3.05, 3.63) is 23.8 Å². The van der Waals surface area contributed by atoms with Crippen molar-refractivity contribution in [2.24, 2.45) is 15.9 Å². The topological polar surface area (TPSA) is 102 Å². The third-order valence-electron chi connectivity index (χ3n) is 9.93.